The normalized spacial score (nSPS) is 18.3. The van der Waals surface area contributed by atoms with E-state index >= 15 is 0 Å². The average molecular weight is 339 g/mol. The Morgan fingerprint density at radius 3 is 2.43 bits per heavy atom. The van der Waals surface area contributed by atoms with Crippen LogP contribution in [0.4, 0.5) is 13.2 Å². The van der Waals surface area contributed by atoms with Crippen molar-refractivity contribution in [2.45, 2.75) is 11.9 Å². The van der Waals surface area contributed by atoms with Gasteiger partial charge in [-0.25, -0.2) is 4.31 Å². The van der Waals surface area contributed by atoms with Gasteiger partial charge in [-0.3, -0.25) is 0 Å². The molecule has 0 aliphatic carbocycles. The zero-order valence-corrected chi connectivity index (χ0v) is 9.60. The molecule has 0 N–H and O–H groups in total. The van der Waals surface area contributed by atoms with E-state index in [1.807, 2.05) is 0 Å². The number of hydrogen-bond donors (Lipinski definition) is 0. The molecule has 80 valence electrons. The molecule has 0 unspecified atom stereocenters. The highest BCUT2D eigenvalue weighted by atomic mass is 127. The minimum atomic E-state index is -5.27. The van der Waals surface area contributed by atoms with Crippen LogP contribution in [-0.2, 0) is 10.0 Å². The second kappa shape index (κ2) is 3.72. The van der Waals surface area contributed by atoms with Crippen molar-refractivity contribution in [1.82, 2.24) is 4.31 Å². The molecule has 0 aromatic carbocycles. The molecule has 0 saturated heterocycles. The summed E-state index contributed by atoms with van der Waals surface area (Å²) in [5.74, 6) is 0. The topological polar surface area (TPSA) is 37.4 Å². The van der Waals surface area contributed by atoms with E-state index in [4.69, 9.17) is 0 Å². The lowest BCUT2D eigenvalue weighted by Crippen LogP contribution is -2.35. The van der Waals surface area contributed by atoms with Crippen molar-refractivity contribution < 1.29 is 21.6 Å². The van der Waals surface area contributed by atoms with Crippen LogP contribution in [0, 0.1) is 0 Å². The molecule has 1 heterocycles. The van der Waals surface area contributed by atoms with Crippen LogP contribution in [0.25, 0.3) is 0 Å². The predicted octanol–water partition coefficient (Wildman–Crippen LogP) is 2.33. The molecule has 0 bridgehead atoms. The van der Waals surface area contributed by atoms with Gasteiger partial charge in [-0.05, 0) is 29.0 Å². The Hall–Kier alpha value is -0.250. The smallest absolute Gasteiger partial charge is 0.245 e. The first-order chi connectivity index (χ1) is 6.25. The quantitative estimate of drug-likeness (QED) is 0.688. The molecule has 1 aliphatic rings. The molecule has 0 aromatic heterocycles. The van der Waals surface area contributed by atoms with E-state index in [2.05, 4.69) is 0 Å². The van der Waals surface area contributed by atoms with Crippen LogP contribution in [0.5, 0.6) is 0 Å². The Morgan fingerprint density at radius 1 is 1.43 bits per heavy atom. The van der Waals surface area contributed by atoms with E-state index in [1.165, 1.54) is 6.08 Å². The van der Waals surface area contributed by atoms with Crippen LogP contribution >= 0.6 is 22.6 Å². The molecule has 0 aromatic rings. The Labute approximate surface area is 92.5 Å². The monoisotopic (exact) mass is 339 g/mol. The molecule has 8 heteroatoms. The molecule has 0 spiro atoms. The lowest BCUT2D eigenvalue weighted by Gasteiger charge is -2.20. The van der Waals surface area contributed by atoms with E-state index in [1.54, 1.807) is 22.6 Å². The first kappa shape index (κ1) is 11.8. The van der Waals surface area contributed by atoms with Gasteiger partial charge in [-0.2, -0.15) is 21.6 Å². The highest BCUT2D eigenvalue weighted by Gasteiger charge is 2.49. The summed E-state index contributed by atoms with van der Waals surface area (Å²) in [4.78, 5) is 0. The van der Waals surface area contributed by atoms with Crippen LogP contribution in [0.2, 0.25) is 0 Å². The van der Waals surface area contributed by atoms with Crippen LogP contribution in [0.3, 0.4) is 0 Å². The summed E-state index contributed by atoms with van der Waals surface area (Å²) in [6.07, 6.45) is 3.64. The van der Waals surface area contributed by atoms with Gasteiger partial charge in [0.25, 0.3) is 0 Å². The fourth-order valence-corrected chi connectivity index (χ4v) is 2.27. The minimum absolute atomic E-state index is 0.179. The number of hydrogen-bond acceptors (Lipinski definition) is 2. The first-order valence-corrected chi connectivity index (χ1v) is 5.89. The predicted molar refractivity (Wildman–Crippen MR) is 52.7 cm³/mol. The van der Waals surface area contributed by atoms with E-state index in [0.29, 0.717) is 10.0 Å². The molecule has 0 radical (unpaired) electrons. The summed E-state index contributed by atoms with van der Waals surface area (Å²) < 4.78 is 58.6. The van der Waals surface area contributed by atoms with Gasteiger partial charge in [-0.15, -0.1) is 0 Å². The largest absolute Gasteiger partial charge is 0.517 e. The van der Waals surface area contributed by atoms with Gasteiger partial charge in [0.2, 0.25) is 0 Å². The summed E-state index contributed by atoms with van der Waals surface area (Å²) in [5.41, 5.74) is -5.26. The zero-order chi connectivity index (χ0) is 11.0. The SMILES string of the molecule is O=S(=O)(N1C=CCC(I)=C1)C(F)(F)F. The van der Waals surface area contributed by atoms with Crippen LogP contribution in [0.1, 0.15) is 6.42 Å². The third kappa shape index (κ3) is 2.22. The van der Waals surface area contributed by atoms with Crippen molar-refractivity contribution in [3.63, 3.8) is 0 Å². The van der Waals surface area contributed by atoms with Gasteiger partial charge in [0, 0.05) is 16.0 Å². The second-order valence-corrected chi connectivity index (χ2v) is 5.67. The molecule has 0 fully saturated rings. The van der Waals surface area contributed by atoms with E-state index < -0.39 is 15.5 Å². The standard InChI is InChI=1S/C6H5F3INO2S/c7-6(8,9)14(12,13)11-3-1-2-5(10)4-11/h1,3-4H,2H2. The molecule has 0 amide bonds. The average Bonchev–Trinajstić information content (AvgIpc) is 2.02. The van der Waals surface area contributed by atoms with Crippen molar-refractivity contribution >= 4 is 32.6 Å². The lowest BCUT2D eigenvalue weighted by molar-refractivity contribution is -0.0468. The Morgan fingerprint density at radius 2 is 2.00 bits per heavy atom. The van der Waals surface area contributed by atoms with Gasteiger partial charge < -0.3 is 0 Å². The van der Waals surface area contributed by atoms with E-state index in [0.717, 1.165) is 12.4 Å². The van der Waals surface area contributed by atoms with Crippen molar-refractivity contribution in [3.8, 4) is 0 Å². The Kier molecular flexibility index (Phi) is 3.14. The van der Waals surface area contributed by atoms with Gasteiger partial charge in [-0.1, -0.05) is 6.08 Å². The fraction of sp³-hybridized carbons (Fsp3) is 0.333. The van der Waals surface area contributed by atoms with Gasteiger partial charge in [0.1, 0.15) is 0 Å². The molecule has 1 aliphatic heterocycles. The fourth-order valence-electron chi connectivity index (χ4n) is 0.772. The molecule has 14 heavy (non-hydrogen) atoms. The highest BCUT2D eigenvalue weighted by molar-refractivity contribution is 14.1. The number of rotatable bonds is 1. The van der Waals surface area contributed by atoms with Gasteiger partial charge >= 0.3 is 15.5 Å². The summed E-state index contributed by atoms with van der Waals surface area (Å²) in [7, 11) is -5.27. The van der Waals surface area contributed by atoms with Crippen molar-refractivity contribution in [3.05, 3.63) is 22.1 Å². The molecular weight excluding hydrogens is 334 g/mol. The molecule has 1 rings (SSSR count). The molecular formula is C6H5F3INO2S. The van der Waals surface area contributed by atoms with Crippen LogP contribution < -0.4 is 0 Å². The maximum atomic E-state index is 12.0. The maximum Gasteiger partial charge on any atom is 0.517 e. The summed E-state index contributed by atoms with van der Waals surface area (Å²) >= 11 is 1.78. The second-order valence-electron chi connectivity index (χ2n) is 2.45. The highest BCUT2D eigenvalue weighted by Crippen LogP contribution is 2.30. The van der Waals surface area contributed by atoms with Crippen LogP contribution in [-0.4, -0.2) is 18.2 Å². The Balaban J connectivity index is 3.07. The lowest BCUT2D eigenvalue weighted by atomic mass is 10.4. The van der Waals surface area contributed by atoms with Gasteiger partial charge in [0.05, 0.1) is 0 Å². The third-order valence-electron chi connectivity index (χ3n) is 1.40. The number of allylic oxidation sites excluding steroid dienone is 2. The van der Waals surface area contributed by atoms with E-state index in [-0.39, 0.29) is 4.31 Å². The zero-order valence-electron chi connectivity index (χ0n) is 6.62. The number of nitrogens with zero attached hydrogens (tertiary/aromatic N) is 1. The third-order valence-corrected chi connectivity index (χ3v) is 3.49. The summed E-state index contributed by atoms with van der Waals surface area (Å²) in [6, 6.07) is 0. The number of alkyl halides is 3. The van der Waals surface area contributed by atoms with Crippen LogP contribution in [0.15, 0.2) is 22.1 Å². The summed E-state index contributed by atoms with van der Waals surface area (Å²) in [6.45, 7) is 0. The van der Waals surface area contributed by atoms with E-state index in [9.17, 15) is 21.6 Å². The molecule has 0 atom stereocenters. The number of halogens is 4. The van der Waals surface area contributed by atoms with Crippen molar-refractivity contribution in [2.24, 2.45) is 0 Å². The minimum Gasteiger partial charge on any atom is -0.245 e. The van der Waals surface area contributed by atoms with Crippen molar-refractivity contribution in [2.75, 3.05) is 0 Å². The van der Waals surface area contributed by atoms with Gasteiger partial charge in [0.15, 0.2) is 0 Å². The summed E-state index contributed by atoms with van der Waals surface area (Å²) in [5, 5.41) is 0. The first-order valence-electron chi connectivity index (χ1n) is 3.38. The number of sulfonamides is 1. The molecule has 3 nitrogen and oxygen atoms in total. The molecule has 0 saturated carbocycles. The maximum absolute atomic E-state index is 12.0. The van der Waals surface area contributed by atoms with Crippen molar-refractivity contribution in [1.29, 1.82) is 0 Å². The Bertz CT molecular complexity index is 384.